The number of benzene rings is 8. The highest BCUT2D eigenvalue weighted by molar-refractivity contribution is 6.99. The third kappa shape index (κ3) is 8.43. The van der Waals surface area contributed by atoms with E-state index in [1.165, 1.54) is 99.9 Å². The first-order valence-corrected chi connectivity index (χ1v) is 27.5. The smallest absolute Gasteiger partial charge is 0.247 e. The second kappa shape index (κ2) is 17.1. The molecule has 9 aromatic rings. The summed E-state index contributed by atoms with van der Waals surface area (Å²) in [5.74, 6) is 0. The van der Waals surface area contributed by atoms with Crippen molar-refractivity contribution >= 4 is 79.0 Å². The molecular weight excluding hydrogens is 906 g/mol. The van der Waals surface area contributed by atoms with Gasteiger partial charge in [-0.05, 0) is 162 Å². The number of para-hydroxylation sites is 1. The van der Waals surface area contributed by atoms with Crippen molar-refractivity contribution in [2.75, 3.05) is 9.80 Å². The van der Waals surface area contributed by atoms with Gasteiger partial charge in [0, 0.05) is 50.3 Å². The topological polar surface area (TPSA) is 11.4 Å². The minimum Gasteiger partial charge on any atom is -0.311 e. The Labute approximate surface area is 449 Å². The summed E-state index contributed by atoms with van der Waals surface area (Å²) in [6.07, 6.45) is 0. The molecule has 1 aromatic heterocycles. The Morgan fingerprint density at radius 2 is 0.880 bits per heavy atom. The molecule has 11 rings (SSSR count). The molecule has 0 amide bonds. The van der Waals surface area contributed by atoms with Crippen LogP contribution in [0.1, 0.15) is 157 Å². The lowest BCUT2D eigenvalue weighted by Crippen LogP contribution is -2.64. The highest BCUT2D eigenvalue weighted by Crippen LogP contribution is 2.50. The number of rotatable bonds is 5. The number of nitrogens with zero attached hydrogens (tertiary/aromatic N) is 3. The lowest BCUT2D eigenvalue weighted by Gasteiger charge is -2.47. The molecule has 0 radical (unpaired) electrons. The van der Waals surface area contributed by atoms with Crippen molar-refractivity contribution in [1.29, 1.82) is 0 Å². The summed E-state index contributed by atoms with van der Waals surface area (Å²) in [5, 5.41) is 2.57. The summed E-state index contributed by atoms with van der Waals surface area (Å²) < 4.78 is 2.53. The van der Waals surface area contributed by atoms with E-state index in [1.807, 2.05) is 0 Å². The molecule has 2 aliphatic rings. The van der Waals surface area contributed by atoms with Crippen molar-refractivity contribution in [1.82, 2.24) is 4.57 Å². The Morgan fingerprint density at radius 3 is 1.41 bits per heavy atom. The molecule has 0 atom stereocenters. The zero-order valence-electron chi connectivity index (χ0n) is 48.0. The lowest BCUT2D eigenvalue weighted by molar-refractivity contribution is 0.583. The van der Waals surface area contributed by atoms with E-state index in [0.717, 1.165) is 17.1 Å². The monoisotopic (exact) mass is 984 g/mol. The van der Waals surface area contributed by atoms with Crippen molar-refractivity contribution < 1.29 is 0 Å². The molecule has 4 heteroatoms. The van der Waals surface area contributed by atoms with Crippen molar-refractivity contribution in [2.45, 2.75) is 150 Å². The Morgan fingerprint density at radius 1 is 0.400 bits per heavy atom. The molecule has 0 saturated heterocycles. The van der Waals surface area contributed by atoms with Gasteiger partial charge in [-0.2, -0.15) is 0 Å². The predicted molar refractivity (Wildman–Crippen MR) is 327 cm³/mol. The molecule has 75 heavy (non-hydrogen) atoms. The van der Waals surface area contributed by atoms with E-state index >= 15 is 0 Å². The number of hydrogen-bond donors (Lipinski definition) is 0. The van der Waals surface area contributed by atoms with E-state index in [0.29, 0.717) is 0 Å². The van der Waals surface area contributed by atoms with Gasteiger partial charge in [0.25, 0.3) is 0 Å². The van der Waals surface area contributed by atoms with Gasteiger partial charge < -0.3 is 14.4 Å². The second-order valence-corrected chi connectivity index (χ2v) is 27.6. The van der Waals surface area contributed by atoms with Gasteiger partial charge >= 0.3 is 0 Å². The molecule has 0 bridgehead atoms. The molecule has 0 spiro atoms. The van der Waals surface area contributed by atoms with Crippen LogP contribution in [0.3, 0.4) is 0 Å². The minimum absolute atomic E-state index is 0.0127. The third-order valence-corrected chi connectivity index (χ3v) is 16.8. The summed E-state index contributed by atoms with van der Waals surface area (Å²) >= 11 is 0. The number of aromatic nitrogens is 1. The summed E-state index contributed by atoms with van der Waals surface area (Å²) in [4.78, 5) is 5.13. The van der Waals surface area contributed by atoms with Gasteiger partial charge in [-0.15, -0.1) is 0 Å². The Hall–Kier alpha value is -6.78. The highest BCUT2D eigenvalue weighted by atomic mass is 15.2. The van der Waals surface area contributed by atoms with E-state index in [4.69, 9.17) is 0 Å². The minimum atomic E-state index is -0.341. The molecule has 2 aliphatic heterocycles. The van der Waals surface area contributed by atoms with Gasteiger partial charge in [0.05, 0.1) is 16.7 Å². The first kappa shape index (κ1) is 50.4. The fraction of sp³-hybridized carbons (Fsp3) is 0.324. The Kier molecular flexibility index (Phi) is 11.5. The molecule has 0 N–H and O–H groups in total. The summed E-state index contributed by atoms with van der Waals surface area (Å²) in [6.45, 7) is 39.8. The maximum absolute atomic E-state index is 2.65. The van der Waals surface area contributed by atoms with E-state index < -0.39 is 0 Å². The SMILES string of the molecule is CC(C)(C)c1ccc(N(c2ccc(C(C)(C)C)cc2)c2ccc3c(c2)C(C)(C)c2cc(C(C)(C)C)cc4c2B3c2ccc3c(c2N4c2ccccc2)c2cc(C(C)(C)C)ccc2n3-c2ccc(C(C)(C)C)cc2)cc1. The van der Waals surface area contributed by atoms with E-state index in [9.17, 15) is 0 Å². The molecule has 0 aliphatic carbocycles. The van der Waals surface area contributed by atoms with Gasteiger partial charge in [0.2, 0.25) is 6.71 Å². The van der Waals surface area contributed by atoms with Gasteiger partial charge in [-0.3, -0.25) is 0 Å². The third-order valence-electron chi connectivity index (χ3n) is 16.8. The molecule has 8 aromatic carbocycles. The Bertz CT molecular complexity index is 3610. The van der Waals surface area contributed by atoms with Gasteiger partial charge in [-0.25, -0.2) is 0 Å². The van der Waals surface area contributed by atoms with Crippen LogP contribution in [0, 0.1) is 0 Å². The average Bonchev–Trinajstić information content (AvgIpc) is 3.68. The van der Waals surface area contributed by atoms with E-state index in [2.05, 4.69) is 296 Å². The van der Waals surface area contributed by atoms with Crippen LogP contribution in [-0.4, -0.2) is 11.3 Å². The van der Waals surface area contributed by atoms with E-state index in [-0.39, 0.29) is 39.2 Å². The predicted octanol–water partition coefficient (Wildman–Crippen LogP) is 17.7. The zero-order valence-corrected chi connectivity index (χ0v) is 48.0. The fourth-order valence-corrected chi connectivity index (χ4v) is 12.2. The Balaban J connectivity index is 1.23. The number of fused-ring (bicyclic) bond motifs is 8. The van der Waals surface area contributed by atoms with Crippen molar-refractivity contribution in [2.24, 2.45) is 0 Å². The van der Waals surface area contributed by atoms with Crippen molar-refractivity contribution in [3.8, 4) is 5.69 Å². The quantitative estimate of drug-likeness (QED) is 0.159. The maximum atomic E-state index is 2.65. The first-order valence-electron chi connectivity index (χ1n) is 27.5. The molecule has 3 heterocycles. The van der Waals surface area contributed by atoms with Crippen LogP contribution in [-0.2, 0) is 32.5 Å². The molecular formula is C71H78BN3. The second-order valence-electron chi connectivity index (χ2n) is 27.6. The van der Waals surface area contributed by atoms with Crippen LogP contribution in [0.5, 0.6) is 0 Å². The molecule has 0 unspecified atom stereocenters. The van der Waals surface area contributed by atoms with Crippen LogP contribution < -0.4 is 26.2 Å². The summed E-state index contributed by atoms with van der Waals surface area (Å²) in [5.41, 5.74) is 24.0. The molecule has 0 fully saturated rings. The number of hydrogen-bond acceptors (Lipinski definition) is 2. The fourth-order valence-electron chi connectivity index (χ4n) is 12.2. The van der Waals surface area contributed by atoms with Crippen LogP contribution in [0.2, 0.25) is 0 Å². The average molecular weight is 984 g/mol. The van der Waals surface area contributed by atoms with Gasteiger partial charge in [0.1, 0.15) is 0 Å². The van der Waals surface area contributed by atoms with Crippen molar-refractivity contribution in [3.63, 3.8) is 0 Å². The molecule has 380 valence electrons. The molecule has 0 saturated carbocycles. The summed E-state index contributed by atoms with van der Waals surface area (Å²) in [7, 11) is 0. The largest absolute Gasteiger partial charge is 0.311 e. The normalized spacial score (nSPS) is 14.5. The lowest BCUT2D eigenvalue weighted by atomic mass is 9.30. The highest BCUT2D eigenvalue weighted by Gasteiger charge is 2.48. The number of anilines is 6. The first-order chi connectivity index (χ1) is 35.1. The zero-order chi connectivity index (χ0) is 53.5. The maximum Gasteiger partial charge on any atom is 0.247 e. The van der Waals surface area contributed by atoms with Gasteiger partial charge in [-0.1, -0.05) is 202 Å². The van der Waals surface area contributed by atoms with Crippen LogP contribution >= 0.6 is 0 Å². The van der Waals surface area contributed by atoms with Crippen molar-refractivity contribution in [3.05, 3.63) is 203 Å². The summed E-state index contributed by atoms with van der Waals surface area (Å²) in [6, 6.07) is 63.8. The van der Waals surface area contributed by atoms with Crippen LogP contribution in [0.4, 0.5) is 34.1 Å². The van der Waals surface area contributed by atoms with Crippen LogP contribution in [0.15, 0.2) is 164 Å². The van der Waals surface area contributed by atoms with Gasteiger partial charge in [0.15, 0.2) is 0 Å². The molecule has 3 nitrogen and oxygen atoms in total. The standard InChI is InChI=1S/C71H78BN3/c1-66(2,3)45-23-30-51(31-24-45)73(52-32-25-46(26-33-52)67(4,5)6)54-36-37-58-56(44-54)71(16,17)57-42-49(70(13,14)15)43-62-64(57)72(58)59-38-40-61-63(65(59)75(62)50-21-19-18-20-22-50)55-41-48(69(10,11)12)29-39-60(55)74(61)53-34-27-47(28-35-53)68(7,8)9/h18-44H,1-17H3. The van der Waals surface area contributed by atoms with Crippen LogP contribution in [0.25, 0.3) is 27.5 Å². The van der Waals surface area contributed by atoms with E-state index in [1.54, 1.807) is 0 Å².